The molecule has 0 fully saturated rings. The van der Waals surface area contributed by atoms with E-state index in [2.05, 4.69) is 83.2 Å². The van der Waals surface area contributed by atoms with Gasteiger partial charge in [-0.25, -0.2) is 0 Å². The molecule has 1 aromatic rings. The monoisotopic (exact) mass is 266 g/mol. The Kier molecular flexibility index (Phi) is 4.32. The molecule has 0 aromatic heterocycles. The summed E-state index contributed by atoms with van der Waals surface area (Å²) in [4.78, 5) is 0. The van der Waals surface area contributed by atoms with Crippen LogP contribution in [0.3, 0.4) is 0 Å². The van der Waals surface area contributed by atoms with Gasteiger partial charge in [0.15, 0.2) is 0 Å². The highest BCUT2D eigenvalue weighted by molar-refractivity contribution is 5.68. The lowest BCUT2D eigenvalue weighted by atomic mass is 9.85. The molecule has 0 nitrogen and oxygen atoms in total. The van der Waals surface area contributed by atoms with Crippen molar-refractivity contribution in [1.82, 2.24) is 0 Å². The molecule has 0 spiro atoms. The molecule has 0 saturated carbocycles. The average Bonchev–Trinajstić information content (AvgIpc) is 2.90. The zero-order valence-electron chi connectivity index (χ0n) is 13.4. The summed E-state index contributed by atoms with van der Waals surface area (Å²) >= 11 is 0. The molecule has 0 bridgehead atoms. The maximum atomic E-state index is 2.44. The number of hydrogen-bond acceptors (Lipinski definition) is 0. The molecule has 2 rings (SSSR count). The molecule has 1 aliphatic rings. The smallest absolute Gasteiger partial charge is 0.0172 e. The maximum Gasteiger partial charge on any atom is 0.0172 e. The fraction of sp³-hybridized carbons (Fsp3) is 0.400. The molecule has 0 heteroatoms. The Morgan fingerprint density at radius 1 is 1.10 bits per heavy atom. The van der Waals surface area contributed by atoms with E-state index in [1.807, 2.05) is 0 Å². The van der Waals surface area contributed by atoms with Crippen LogP contribution in [-0.4, -0.2) is 0 Å². The van der Waals surface area contributed by atoms with Crippen LogP contribution < -0.4 is 0 Å². The average molecular weight is 266 g/mol. The van der Waals surface area contributed by atoms with Gasteiger partial charge >= 0.3 is 0 Å². The Bertz CT molecular complexity index is 547. The Balaban J connectivity index is 2.36. The van der Waals surface area contributed by atoms with E-state index >= 15 is 0 Å². The summed E-state index contributed by atoms with van der Waals surface area (Å²) in [5, 5.41) is 0. The van der Waals surface area contributed by atoms with Gasteiger partial charge < -0.3 is 0 Å². The summed E-state index contributed by atoms with van der Waals surface area (Å²) in [5.41, 5.74) is 6.00. The first-order valence-electron chi connectivity index (χ1n) is 7.59. The third-order valence-electron chi connectivity index (χ3n) is 4.18. The molecule has 1 unspecified atom stereocenters. The molecule has 0 saturated heterocycles. The van der Waals surface area contributed by atoms with Crippen molar-refractivity contribution in [3.8, 4) is 0 Å². The van der Waals surface area contributed by atoms with Crippen LogP contribution >= 0.6 is 0 Å². The van der Waals surface area contributed by atoms with Crippen molar-refractivity contribution in [3.63, 3.8) is 0 Å². The maximum absolute atomic E-state index is 2.44. The molecular weight excluding hydrogens is 240 g/mol. The van der Waals surface area contributed by atoms with Crippen LogP contribution in [0.2, 0.25) is 0 Å². The third kappa shape index (κ3) is 3.12. The first-order valence-corrected chi connectivity index (χ1v) is 7.59. The minimum atomic E-state index is 0.241. The van der Waals surface area contributed by atoms with Crippen molar-refractivity contribution >= 4 is 5.57 Å². The van der Waals surface area contributed by atoms with E-state index in [9.17, 15) is 0 Å². The Hall–Kier alpha value is -1.56. The van der Waals surface area contributed by atoms with Crippen molar-refractivity contribution < 1.29 is 0 Å². The summed E-state index contributed by atoms with van der Waals surface area (Å²) in [7, 11) is 0. The molecule has 20 heavy (non-hydrogen) atoms. The van der Waals surface area contributed by atoms with E-state index in [-0.39, 0.29) is 5.41 Å². The van der Waals surface area contributed by atoms with Crippen molar-refractivity contribution in [2.24, 2.45) is 11.3 Å². The minimum absolute atomic E-state index is 0.241. The summed E-state index contributed by atoms with van der Waals surface area (Å²) < 4.78 is 0. The molecule has 0 aliphatic heterocycles. The van der Waals surface area contributed by atoms with Gasteiger partial charge in [0.05, 0.1) is 0 Å². The highest BCUT2D eigenvalue weighted by Gasteiger charge is 2.22. The van der Waals surface area contributed by atoms with Gasteiger partial charge in [0, 0.05) is 5.92 Å². The van der Waals surface area contributed by atoms with Gasteiger partial charge in [-0.05, 0) is 35.5 Å². The summed E-state index contributed by atoms with van der Waals surface area (Å²) in [6.45, 7) is 11.4. The Morgan fingerprint density at radius 2 is 1.75 bits per heavy atom. The lowest BCUT2D eigenvalue weighted by Crippen LogP contribution is -2.06. The molecule has 1 atom stereocenters. The van der Waals surface area contributed by atoms with E-state index in [1.165, 1.54) is 22.3 Å². The SMILES string of the molecule is CCC(=C(C)c1ccccc1)C1C=CC(C(C)(C)C)=C1. The Morgan fingerprint density at radius 3 is 2.25 bits per heavy atom. The number of hydrogen-bond donors (Lipinski definition) is 0. The first-order chi connectivity index (χ1) is 9.43. The van der Waals surface area contributed by atoms with Gasteiger partial charge in [-0.3, -0.25) is 0 Å². The van der Waals surface area contributed by atoms with Crippen LogP contribution in [0.1, 0.15) is 46.6 Å². The molecule has 0 amide bonds. The van der Waals surface area contributed by atoms with Gasteiger partial charge in [0.2, 0.25) is 0 Å². The molecule has 1 aromatic carbocycles. The predicted octanol–water partition coefficient (Wildman–Crippen LogP) is 6.03. The second-order valence-electron chi connectivity index (χ2n) is 6.63. The largest absolute Gasteiger partial charge is 0.0733 e. The fourth-order valence-corrected chi connectivity index (χ4v) is 2.85. The van der Waals surface area contributed by atoms with E-state index in [1.54, 1.807) is 0 Å². The minimum Gasteiger partial charge on any atom is -0.0733 e. The van der Waals surface area contributed by atoms with Crippen LogP contribution in [0.15, 0.2) is 59.7 Å². The number of benzene rings is 1. The van der Waals surface area contributed by atoms with Crippen LogP contribution in [-0.2, 0) is 0 Å². The molecule has 0 radical (unpaired) electrons. The van der Waals surface area contributed by atoms with Crippen LogP contribution in [0.5, 0.6) is 0 Å². The van der Waals surface area contributed by atoms with E-state index in [4.69, 9.17) is 0 Å². The first kappa shape index (κ1) is 14.8. The summed E-state index contributed by atoms with van der Waals surface area (Å²) in [5.74, 6) is 0.467. The molecule has 0 heterocycles. The van der Waals surface area contributed by atoms with Crippen LogP contribution in [0, 0.1) is 11.3 Å². The summed E-state index contributed by atoms with van der Waals surface area (Å²) in [6, 6.07) is 10.7. The van der Waals surface area contributed by atoms with Crippen molar-refractivity contribution in [3.05, 3.63) is 65.3 Å². The van der Waals surface area contributed by atoms with Gasteiger partial charge in [0.1, 0.15) is 0 Å². The fourth-order valence-electron chi connectivity index (χ4n) is 2.85. The summed E-state index contributed by atoms with van der Waals surface area (Å²) in [6.07, 6.45) is 8.19. The highest BCUT2D eigenvalue weighted by atomic mass is 14.3. The second kappa shape index (κ2) is 5.83. The third-order valence-corrected chi connectivity index (χ3v) is 4.18. The van der Waals surface area contributed by atoms with Crippen LogP contribution in [0.4, 0.5) is 0 Å². The van der Waals surface area contributed by atoms with Crippen LogP contribution in [0.25, 0.3) is 5.57 Å². The van der Waals surface area contributed by atoms with Crippen molar-refractivity contribution in [1.29, 1.82) is 0 Å². The predicted molar refractivity (Wildman–Crippen MR) is 89.5 cm³/mol. The van der Waals surface area contributed by atoms with E-state index in [0.29, 0.717) is 5.92 Å². The van der Waals surface area contributed by atoms with Gasteiger partial charge in [-0.15, -0.1) is 0 Å². The standard InChI is InChI=1S/C20H26/c1-6-19(15(2)16-10-8-7-9-11-16)17-12-13-18(14-17)20(3,4)5/h7-14,17H,6H2,1-5H3. The van der Waals surface area contributed by atoms with Gasteiger partial charge in [-0.2, -0.15) is 0 Å². The van der Waals surface area contributed by atoms with Crippen molar-refractivity contribution in [2.45, 2.75) is 41.0 Å². The normalized spacial score (nSPS) is 19.9. The molecule has 0 N–H and O–H groups in total. The highest BCUT2D eigenvalue weighted by Crippen LogP contribution is 2.37. The quantitative estimate of drug-likeness (QED) is 0.626. The zero-order valence-corrected chi connectivity index (χ0v) is 13.4. The molecular formula is C20H26. The van der Waals surface area contributed by atoms with E-state index in [0.717, 1.165) is 6.42 Å². The van der Waals surface area contributed by atoms with Crippen molar-refractivity contribution in [2.75, 3.05) is 0 Å². The topological polar surface area (TPSA) is 0 Å². The number of rotatable bonds is 3. The molecule has 106 valence electrons. The van der Waals surface area contributed by atoms with Gasteiger partial charge in [-0.1, -0.05) is 81.8 Å². The Labute approximate surface area is 123 Å². The van der Waals surface area contributed by atoms with Gasteiger partial charge in [0.25, 0.3) is 0 Å². The zero-order chi connectivity index (χ0) is 14.8. The second-order valence-corrected chi connectivity index (χ2v) is 6.63. The number of allylic oxidation sites excluding steroid dienone is 6. The van der Waals surface area contributed by atoms with E-state index < -0.39 is 0 Å². The lowest BCUT2D eigenvalue weighted by Gasteiger charge is -2.19. The lowest BCUT2D eigenvalue weighted by molar-refractivity contribution is 0.517. The molecule has 1 aliphatic carbocycles.